The second kappa shape index (κ2) is 5.46. The molecule has 0 saturated carbocycles. The lowest BCUT2D eigenvalue weighted by atomic mass is 10.2. The van der Waals surface area contributed by atoms with Gasteiger partial charge in [-0.15, -0.1) is 0 Å². The third-order valence-electron chi connectivity index (χ3n) is 2.82. The number of rotatable bonds is 3. The fraction of sp³-hybridized carbons (Fsp3) is 0.308. The highest BCUT2D eigenvalue weighted by Crippen LogP contribution is 2.26. The molecule has 2 rings (SSSR count). The first kappa shape index (κ1) is 13.0. The molecule has 94 valence electrons. The van der Waals surface area contributed by atoms with Crippen LogP contribution in [0.3, 0.4) is 0 Å². The van der Waals surface area contributed by atoms with E-state index < -0.39 is 0 Å². The van der Waals surface area contributed by atoms with Gasteiger partial charge in [-0.2, -0.15) is 0 Å². The lowest BCUT2D eigenvalue weighted by Crippen LogP contribution is -1.99. The molecule has 18 heavy (non-hydrogen) atoms. The molecule has 0 spiro atoms. The maximum Gasteiger partial charge on any atom is 0.194 e. The van der Waals surface area contributed by atoms with Gasteiger partial charge < -0.3 is 5.11 Å². The first-order valence-electron chi connectivity index (χ1n) is 5.66. The van der Waals surface area contributed by atoms with Gasteiger partial charge >= 0.3 is 0 Å². The summed E-state index contributed by atoms with van der Waals surface area (Å²) in [5, 5.41) is 10.7. The van der Waals surface area contributed by atoms with Crippen molar-refractivity contribution in [2.24, 2.45) is 0 Å². The predicted molar refractivity (Wildman–Crippen MR) is 70.5 cm³/mol. The van der Waals surface area contributed by atoms with Gasteiger partial charge in [-0.1, -0.05) is 6.07 Å². The number of pyridine rings is 1. The fourth-order valence-electron chi connectivity index (χ4n) is 1.51. The summed E-state index contributed by atoms with van der Waals surface area (Å²) in [6.07, 6.45) is 1.70. The summed E-state index contributed by atoms with van der Waals surface area (Å²) in [6.45, 7) is 5.93. The lowest BCUT2D eigenvalue weighted by Gasteiger charge is -2.08. The molecular formula is C13H15N3OS. The molecule has 5 heteroatoms. The van der Waals surface area contributed by atoms with E-state index in [1.54, 1.807) is 6.20 Å². The third kappa shape index (κ3) is 2.68. The Morgan fingerprint density at radius 1 is 1.17 bits per heavy atom. The Kier molecular flexibility index (Phi) is 3.93. The largest absolute Gasteiger partial charge is 0.392 e. The monoisotopic (exact) mass is 261 g/mol. The molecule has 0 aliphatic rings. The third-order valence-corrected chi connectivity index (χ3v) is 3.75. The number of aliphatic hydroxyl groups is 1. The molecule has 2 aromatic heterocycles. The van der Waals surface area contributed by atoms with Gasteiger partial charge in [-0.05, 0) is 44.2 Å². The van der Waals surface area contributed by atoms with Crippen LogP contribution in [0, 0.1) is 20.8 Å². The van der Waals surface area contributed by atoms with Gasteiger partial charge in [0.1, 0.15) is 5.03 Å². The van der Waals surface area contributed by atoms with Crippen LogP contribution in [-0.4, -0.2) is 20.1 Å². The van der Waals surface area contributed by atoms with Gasteiger partial charge in [0, 0.05) is 23.1 Å². The maximum absolute atomic E-state index is 9.26. The Morgan fingerprint density at radius 3 is 2.44 bits per heavy atom. The van der Waals surface area contributed by atoms with Crippen molar-refractivity contribution >= 4 is 11.8 Å². The van der Waals surface area contributed by atoms with E-state index in [2.05, 4.69) is 15.0 Å². The van der Waals surface area contributed by atoms with Gasteiger partial charge in [-0.3, -0.25) is 0 Å². The van der Waals surface area contributed by atoms with Gasteiger partial charge in [0.15, 0.2) is 5.16 Å². The normalized spacial score (nSPS) is 10.7. The van der Waals surface area contributed by atoms with Crippen molar-refractivity contribution in [1.82, 2.24) is 15.0 Å². The Bertz CT molecular complexity index is 549. The second-order valence-corrected chi connectivity index (χ2v) is 4.99. The molecular weight excluding hydrogens is 246 g/mol. The summed E-state index contributed by atoms with van der Waals surface area (Å²) < 4.78 is 0. The molecule has 2 heterocycles. The quantitative estimate of drug-likeness (QED) is 0.860. The fourth-order valence-corrected chi connectivity index (χ4v) is 2.43. The molecule has 2 aromatic rings. The van der Waals surface area contributed by atoms with Crippen molar-refractivity contribution in [1.29, 1.82) is 0 Å². The van der Waals surface area contributed by atoms with E-state index in [0.29, 0.717) is 5.16 Å². The molecule has 0 aromatic carbocycles. The summed E-state index contributed by atoms with van der Waals surface area (Å²) in [6, 6.07) is 3.66. The van der Waals surface area contributed by atoms with Crippen LogP contribution >= 0.6 is 11.8 Å². The van der Waals surface area contributed by atoms with Crippen molar-refractivity contribution in [2.75, 3.05) is 0 Å². The predicted octanol–water partition coefficient (Wildman–Crippen LogP) is 2.44. The summed E-state index contributed by atoms with van der Waals surface area (Å²) >= 11 is 1.38. The van der Waals surface area contributed by atoms with Crippen LogP contribution in [0.25, 0.3) is 0 Å². The molecule has 1 N–H and O–H groups in total. The molecule has 0 unspecified atom stereocenters. The van der Waals surface area contributed by atoms with E-state index in [0.717, 1.165) is 27.5 Å². The number of aliphatic hydroxyl groups excluding tert-OH is 1. The summed E-state index contributed by atoms with van der Waals surface area (Å²) in [5.41, 5.74) is 3.86. The molecule has 0 amide bonds. The standard InChI is InChI=1S/C13H15N3OS/c1-8-9(2)15-13(16-10(8)3)18-12-11(7-17)5-4-6-14-12/h4-6,17H,7H2,1-3H3. The molecule has 4 nitrogen and oxygen atoms in total. The van der Waals surface area contributed by atoms with Crippen LogP contribution in [0.15, 0.2) is 28.5 Å². The van der Waals surface area contributed by atoms with E-state index in [1.807, 2.05) is 32.9 Å². The van der Waals surface area contributed by atoms with Crippen molar-refractivity contribution < 1.29 is 5.11 Å². The summed E-state index contributed by atoms with van der Waals surface area (Å²) in [4.78, 5) is 13.1. The SMILES string of the molecule is Cc1nc(Sc2ncccc2CO)nc(C)c1C. The first-order chi connectivity index (χ1) is 8.61. The highest BCUT2D eigenvalue weighted by Gasteiger charge is 2.09. The van der Waals surface area contributed by atoms with E-state index in [1.165, 1.54) is 11.8 Å². The van der Waals surface area contributed by atoms with E-state index in [-0.39, 0.29) is 6.61 Å². The average Bonchev–Trinajstić information content (AvgIpc) is 2.36. The van der Waals surface area contributed by atoms with Crippen LogP contribution < -0.4 is 0 Å². The molecule has 0 aliphatic carbocycles. The minimum absolute atomic E-state index is 0.0278. The number of nitrogens with zero attached hydrogens (tertiary/aromatic N) is 3. The zero-order valence-corrected chi connectivity index (χ0v) is 11.5. The molecule has 0 radical (unpaired) electrons. The van der Waals surface area contributed by atoms with E-state index >= 15 is 0 Å². The highest BCUT2D eigenvalue weighted by molar-refractivity contribution is 7.99. The van der Waals surface area contributed by atoms with Crippen LogP contribution in [0.1, 0.15) is 22.5 Å². The number of hydrogen-bond donors (Lipinski definition) is 1. The number of hydrogen-bond acceptors (Lipinski definition) is 5. The molecule has 0 fully saturated rings. The first-order valence-corrected chi connectivity index (χ1v) is 6.48. The zero-order chi connectivity index (χ0) is 13.1. The minimum atomic E-state index is -0.0278. The Morgan fingerprint density at radius 2 is 1.83 bits per heavy atom. The molecule has 0 saturated heterocycles. The minimum Gasteiger partial charge on any atom is -0.392 e. The Labute approximate surface area is 111 Å². The van der Waals surface area contributed by atoms with Crippen LogP contribution in [0.2, 0.25) is 0 Å². The molecule has 0 bridgehead atoms. The second-order valence-electron chi connectivity index (χ2n) is 4.03. The molecule has 0 atom stereocenters. The van der Waals surface area contributed by atoms with Gasteiger partial charge in [0.25, 0.3) is 0 Å². The Balaban J connectivity index is 2.34. The Hall–Kier alpha value is -1.46. The zero-order valence-electron chi connectivity index (χ0n) is 10.6. The summed E-state index contributed by atoms with van der Waals surface area (Å²) in [7, 11) is 0. The van der Waals surface area contributed by atoms with Gasteiger partial charge in [0.05, 0.1) is 6.61 Å². The maximum atomic E-state index is 9.26. The van der Waals surface area contributed by atoms with Crippen molar-refractivity contribution in [3.8, 4) is 0 Å². The topological polar surface area (TPSA) is 58.9 Å². The molecule has 0 aliphatic heterocycles. The van der Waals surface area contributed by atoms with E-state index in [9.17, 15) is 5.11 Å². The summed E-state index contributed by atoms with van der Waals surface area (Å²) in [5.74, 6) is 0. The van der Waals surface area contributed by atoms with Crippen LogP contribution in [-0.2, 0) is 6.61 Å². The van der Waals surface area contributed by atoms with Crippen LogP contribution in [0.5, 0.6) is 0 Å². The highest BCUT2D eigenvalue weighted by atomic mass is 32.2. The van der Waals surface area contributed by atoms with Gasteiger partial charge in [0.2, 0.25) is 0 Å². The lowest BCUT2D eigenvalue weighted by molar-refractivity contribution is 0.278. The van der Waals surface area contributed by atoms with Crippen LogP contribution in [0.4, 0.5) is 0 Å². The van der Waals surface area contributed by atoms with Crippen molar-refractivity contribution in [3.63, 3.8) is 0 Å². The van der Waals surface area contributed by atoms with Crippen molar-refractivity contribution in [3.05, 3.63) is 40.8 Å². The van der Waals surface area contributed by atoms with Gasteiger partial charge in [-0.25, -0.2) is 15.0 Å². The smallest absolute Gasteiger partial charge is 0.194 e. The number of aromatic nitrogens is 3. The average molecular weight is 261 g/mol. The van der Waals surface area contributed by atoms with Crippen molar-refractivity contribution in [2.45, 2.75) is 37.6 Å². The van der Waals surface area contributed by atoms with E-state index in [4.69, 9.17) is 0 Å². The number of aryl methyl sites for hydroxylation is 2.